The summed E-state index contributed by atoms with van der Waals surface area (Å²) in [5.74, 6) is -0.511. The van der Waals surface area contributed by atoms with E-state index in [-0.39, 0.29) is 29.2 Å². The molecule has 5 aromatic rings. The van der Waals surface area contributed by atoms with Crippen molar-refractivity contribution in [2.24, 2.45) is 18.9 Å². The van der Waals surface area contributed by atoms with Gasteiger partial charge in [0, 0.05) is 41.4 Å². The summed E-state index contributed by atoms with van der Waals surface area (Å²) < 4.78 is 4.36. The summed E-state index contributed by atoms with van der Waals surface area (Å²) in [7, 11) is 8.39. The van der Waals surface area contributed by atoms with Crippen LogP contribution in [0.4, 0.5) is 11.4 Å². The molecular formula is C45H45N4O2+. The van der Waals surface area contributed by atoms with Crippen molar-refractivity contribution in [3.63, 3.8) is 0 Å². The third-order valence-corrected chi connectivity index (χ3v) is 11.6. The molecule has 1 aromatic heterocycles. The zero-order valence-corrected chi connectivity index (χ0v) is 30.4. The summed E-state index contributed by atoms with van der Waals surface area (Å²) in [5.41, 5.74) is 12.8. The minimum absolute atomic E-state index is 0.000856. The second-order valence-electron chi connectivity index (χ2n) is 15.2. The predicted octanol–water partition coefficient (Wildman–Crippen LogP) is 8.31. The SMILES string of the molecule is CC1=C(C)C(c2ccccc2)C2C3Nc4ccccc4C3=CC(=O)C2C1=C(c1ccc([N+](C)(C)C)cc1)c1c(C)n(C)n(-c2ccccc2)c1=O. The lowest BCUT2D eigenvalue weighted by molar-refractivity contribution is -0.119. The van der Waals surface area contributed by atoms with Crippen LogP contribution in [0.5, 0.6) is 0 Å². The van der Waals surface area contributed by atoms with Crippen molar-refractivity contribution in [2.75, 3.05) is 26.5 Å². The van der Waals surface area contributed by atoms with Crippen LogP contribution in [0.3, 0.4) is 0 Å². The largest absolute Gasteiger partial charge is 0.377 e. The van der Waals surface area contributed by atoms with Crippen molar-refractivity contribution in [2.45, 2.75) is 32.7 Å². The van der Waals surface area contributed by atoms with Gasteiger partial charge in [-0.25, -0.2) is 4.68 Å². The number of hydrogen-bond donors (Lipinski definition) is 1. The van der Waals surface area contributed by atoms with Crippen LogP contribution in [0.25, 0.3) is 16.8 Å². The highest BCUT2D eigenvalue weighted by Gasteiger charge is 2.52. The number of rotatable bonds is 5. The molecule has 0 fully saturated rings. The number of aromatic nitrogens is 2. The molecule has 0 bridgehead atoms. The Hall–Kier alpha value is -5.46. The van der Waals surface area contributed by atoms with Crippen LogP contribution in [-0.4, -0.2) is 42.3 Å². The Bertz CT molecular complexity index is 2350. The molecule has 3 aliphatic rings. The summed E-state index contributed by atoms with van der Waals surface area (Å²) >= 11 is 0. The van der Waals surface area contributed by atoms with Crippen molar-refractivity contribution in [1.29, 1.82) is 0 Å². The van der Waals surface area contributed by atoms with E-state index in [4.69, 9.17) is 0 Å². The molecule has 0 radical (unpaired) electrons. The number of ketones is 1. The molecular weight excluding hydrogens is 629 g/mol. The molecule has 2 heterocycles. The maximum absolute atomic E-state index is 15.0. The molecule has 8 rings (SSSR count). The number of anilines is 1. The molecule has 1 aliphatic heterocycles. The number of benzene rings is 4. The highest BCUT2D eigenvalue weighted by atomic mass is 16.1. The van der Waals surface area contributed by atoms with E-state index in [2.05, 4.69) is 107 Å². The Morgan fingerprint density at radius 1 is 0.745 bits per heavy atom. The summed E-state index contributed by atoms with van der Waals surface area (Å²) in [6.45, 7) is 6.41. The number of nitrogens with one attached hydrogen (secondary N) is 1. The molecule has 1 N–H and O–H groups in total. The first kappa shape index (κ1) is 32.7. The van der Waals surface area contributed by atoms with Gasteiger partial charge in [-0.1, -0.05) is 72.3 Å². The number of fused-ring (bicyclic) bond motifs is 5. The zero-order chi connectivity index (χ0) is 35.8. The van der Waals surface area contributed by atoms with Crippen LogP contribution in [0.15, 0.2) is 137 Å². The van der Waals surface area contributed by atoms with Gasteiger partial charge in [0.25, 0.3) is 5.56 Å². The first-order valence-electron chi connectivity index (χ1n) is 17.8. The Morgan fingerprint density at radius 3 is 2.04 bits per heavy atom. The molecule has 6 heteroatoms. The summed E-state index contributed by atoms with van der Waals surface area (Å²) in [6, 6.07) is 37.3. The first-order chi connectivity index (χ1) is 24.5. The monoisotopic (exact) mass is 673 g/mol. The normalized spacial score (nSPS) is 22.2. The zero-order valence-electron chi connectivity index (χ0n) is 30.4. The highest BCUT2D eigenvalue weighted by Crippen LogP contribution is 2.57. The van der Waals surface area contributed by atoms with Crippen LogP contribution >= 0.6 is 0 Å². The molecule has 256 valence electrons. The standard InChI is InChI=1S/C45H44N4O2/c1-27-28(2)39(42-37(50)26-35-34-20-14-15-21-36(34)46-44(35)43(42)38(27)30-16-10-8-11-17-30)41(31-22-24-33(25-23-31)49(5,6)7)40-29(3)47(4)48(45(40)51)32-18-12-9-13-19-32/h8-26,38,42-44H,1-7H3/p+1. The molecule has 0 amide bonds. The van der Waals surface area contributed by atoms with E-state index < -0.39 is 5.92 Å². The maximum atomic E-state index is 15.0. The number of allylic oxidation sites excluding steroid dienone is 4. The lowest BCUT2D eigenvalue weighted by Gasteiger charge is -2.46. The van der Waals surface area contributed by atoms with Gasteiger partial charge in [0.05, 0.1) is 44.4 Å². The minimum Gasteiger partial charge on any atom is -0.377 e. The third kappa shape index (κ3) is 5.11. The minimum atomic E-state index is -0.480. The highest BCUT2D eigenvalue weighted by molar-refractivity contribution is 6.08. The van der Waals surface area contributed by atoms with Gasteiger partial charge in [-0.2, -0.15) is 0 Å². The molecule has 2 aliphatic carbocycles. The fourth-order valence-corrected chi connectivity index (χ4v) is 8.90. The van der Waals surface area contributed by atoms with E-state index in [0.717, 1.165) is 56.2 Å². The molecule has 4 aromatic carbocycles. The van der Waals surface area contributed by atoms with Crippen LogP contribution in [0.1, 0.15) is 47.7 Å². The van der Waals surface area contributed by atoms with Crippen molar-refractivity contribution in [1.82, 2.24) is 13.8 Å². The van der Waals surface area contributed by atoms with Crippen molar-refractivity contribution < 1.29 is 4.79 Å². The van der Waals surface area contributed by atoms with Gasteiger partial charge in [0.1, 0.15) is 5.69 Å². The lowest BCUT2D eigenvalue weighted by Crippen LogP contribution is -2.46. The van der Waals surface area contributed by atoms with E-state index in [1.165, 1.54) is 11.1 Å². The van der Waals surface area contributed by atoms with Gasteiger partial charge in [-0.3, -0.25) is 18.8 Å². The molecule has 6 nitrogen and oxygen atoms in total. The van der Waals surface area contributed by atoms with Gasteiger partial charge >= 0.3 is 0 Å². The van der Waals surface area contributed by atoms with E-state index in [9.17, 15) is 9.59 Å². The summed E-state index contributed by atoms with van der Waals surface area (Å²) in [5, 5.41) is 3.87. The van der Waals surface area contributed by atoms with Gasteiger partial charge in [-0.15, -0.1) is 0 Å². The predicted molar refractivity (Wildman–Crippen MR) is 209 cm³/mol. The lowest BCUT2D eigenvalue weighted by atomic mass is 9.57. The number of quaternary nitrogens is 1. The van der Waals surface area contributed by atoms with Gasteiger partial charge < -0.3 is 5.32 Å². The number of para-hydroxylation sites is 2. The Kier molecular flexibility index (Phi) is 7.76. The quantitative estimate of drug-likeness (QED) is 0.191. The van der Waals surface area contributed by atoms with Gasteiger partial charge in [0.15, 0.2) is 5.78 Å². The van der Waals surface area contributed by atoms with Crippen LogP contribution < -0.4 is 15.4 Å². The summed E-state index contributed by atoms with van der Waals surface area (Å²) in [6.07, 6.45) is 1.89. The molecule has 0 saturated heterocycles. The fraction of sp³-hybridized carbons (Fsp3) is 0.244. The van der Waals surface area contributed by atoms with Crippen molar-refractivity contribution in [3.8, 4) is 5.69 Å². The number of carbonyl (C=O) groups is 1. The molecule has 4 unspecified atom stereocenters. The Balaban J connectivity index is 1.47. The van der Waals surface area contributed by atoms with Gasteiger partial charge in [-0.05, 0) is 97.2 Å². The van der Waals surface area contributed by atoms with E-state index in [1.807, 2.05) is 67.2 Å². The van der Waals surface area contributed by atoms with Crippen LogP contribution in [0.2, 0.25) is 0 Å². The van der Waals surface area contributed by atoms with E-state index in [0.29, 0.717) is 10.0 Å². The molecule has 0 spiro atoms. The molecule has 4 atom stereocenters. The maximum Gasteiger partial charge on any atom is 0.279 e. The fourth-order valence-electron chi connectivity index (χ4n) is 8.90. The van der Waals surface area contributed by atoms with Crippen molar-refractivity contribution >= 4 is 28.3 Å². The second kappa shape index (κ2) is 12.1. The number of hydrogen-bond acceptors (Lipinski definition) is 3. The average molecular weight is 674 g/mol. The Morgan fingerprint density at radius 2 is 1.37 bits per heavy atom. The van der Waals surface area contributed by atoms with Crippen LogP contribution in [-0.2, 0) is 11.8 Å². The second-order valence-corrected chi connectivity index (χ2v) is 15.2. The third-order valence-electron chi connectivity index (χ3n) is 11.6. The van der Waals surface area contributed by atoms with E-state index in [1.54, 1.807) is 4.68 Å². The number of nitrogens with zero attached hydrogens (tertiary/aromatic N) is 3. The Labute approximate surface area is 300 Å². The smallest absolute Gasteiger partial charge is 0.279 e. The van der Waals surface area contributed by atoms with E-state index >= 15 is 0 Å². The number of carbonyl (C=O) groups excluding carboxylic acids is 1. The van der Waals surface area contributed by atoms with Crippen LogP contribution in [0, 0.1) is 18.8 Å². The topological polar surface area (TPSA) is 56.0 Å². The average Bonchev–Trinajstić information content (AvgIpc) is 3.60. The first-order valence-corrected chi connectivity index (χ1v) is 17.8. The summed E-state index contributed by atoms with van der Waals surface area (Å²) in [4.78, 5) is 29.9. The molecule has 51 heavy (non-hydrogen) atoms. The van der Waals surface area contributed by atoms with Gasteiger partial charge in [0.2, 0.25) is 0 Å². The van der Waals surface area contributed by atoms with Crippen molar-refractivity contribution in [3.05, 3.63) is 170 Å². The molecule has 0 saturated carbocycles.